The first-order valence-corrected chi connectivity index (χ1v) is 19.0. The summed E-state index contributed by atoms with van der Waals surface area (Å²) >= 11 is 0. The maximum absolute atomic E-state index is 5.05. The standard InChI is InChI=1S/C51H51N3/c1-49(2,3)43-28-22-37(23-29-43)34-10-16-40(17-11-34)46-52-47(41-18-12-35(13-19-41)38-24-30-44(31-25-38)50(4,5)6)54-48(53-46)42-20-14-36(15-21-42)39-26-32-45(33-27-39)51(7,8)9/h10-33H,1-9H3. The van der Waals surface area contributed by atoms with E-state index in [4.69, 9.17) is 15.0 Å². The third-order valence-corrected chi connectivity index (χ3v) is 10.3. The average molecular weight is 706 g/mol. The highest BCUT2D eigenvalue weighted by molar-refractivity contribution is 5.74. The van der Waals surface area contributed by atoms with Gasteiger partial charge in [-0.25, -0.2) is 15.0 Å². The summed E-state index contributed by atoms with van der Waals surface area (Å²) in [5.74, 6) is 1.94. The summed E-state index contributed by atoms with van der Waals surface area (Å²) in [4.78, 5) is 15.2. The van der Waals surface area contributed by atoms with Crippen molar-refractivity contribution in [1.29, 1.82) is 0 Å². The van der Waals surface area contributed by atoms with Gasteiger partial charge in [0.05, 0.1) is 0 Å². The van der Waals surface area contributed by atoms with E-state index < -0.39 is 0 Å². The Hall–Kier alpha value is -5.67. The van der Waals surface area contributed by atoms with E-state index in [2.05, 4.69) is 208 Å². The molecule has 1 heterocycles. The molecule has 0 atom stereocenters. The van der Waals surface area contributed by atoms with Gasteiger partial charge in [0.1, 0.15) is 0 Å². The van der Waals surface area contributed by atoms with Gasteiger partial charge in [0.15, 0.2) is 17.5 Å². The predicted molar refractivity (Wildman–Crippen MR) is 229 cm³/mol. The molecular formula is C51H51N3. The van der Waals surface area contributed by atoms with E-state index in [0.717, 1.165) is 33.4 Å². The van der Waals surface area contributed by atoms with Crippen LogP contribution >= 0.6 is 0 Å². The van der Waals surface area contributed by atoms with Crippen LogP contribution in [-0.2, 0) is 16.2 Å². The van der Waals surface area contributed by atoms with Gasteiger partial charge in [-0.3, -0.25) is 0 Å². The Kier molecular flexibility index (Phi) is 9.70. The highest BCUT2D eigenvalue weighted by Crippen LogP contribution is 2.32. The molecule has 0 aliphatic heterocycles. The molecule has 3 heteroatoms. The van der Waals surface area contributed by atoms with Crippen molar-refractivity contribution in [3.05, 3.63) is 162 Å². The Morgan fingerprint density at radius 2 is 0.370 bits per heavy atom. The van der Waals surface area contributed by atoms with Gasteiger partial charge in [0, 0.05) is 16.7 Å². The van der Waals surface area contributed by atoms with Gasteiger partial charge >= 0.3 is 0 Å². The van der Waals surface area contributed by atoms with Crippen molar-refractivity contribution in [2.24, 2.45) is 0 Å². The van der Waals surface area contributed by atoms with Crippen LogP contribution in [0.4, 0.5) is 0 Å². The van der Waals surface area contributed by atoms with Crippen LogP contribution in [0, 0.1) is 0 Å². The molecule has 0 aliphatic rings. The first-order valence-electron chi connectivity index (χ1n) is 19.0. The minimum absolute atomic E-state index is 0.118. The number of hydrogen-bond acceptors (Lipinski definition) is 3. The second-order valence-electron chi connectivity index (χ2n) is 17.5. The molecule has 3 nitrogen and oxygen atoms in total. The quantitative estimate of drug-likeness (QED) is 0.173. The summed E-state index contributed by atoms with van der Waals surface area (Å²) in [6.07, 6.45) is 0. The van der Waals surface area contributed by atoms with E-state index in [1.807, 2.05) is 0 Å². The molecule has 0 amide bonds. The molecule has 0 bridgehead atoms. The van der Waals surface area contributed by atoms with Crippen LogP contribution in [-0.4, -0.2) is 15.0 Å². The minimum atomic E-state index is 0.118. The summed E-state index contributed by atoms with van der Waals surface area (Å²) in [5.41, 5.74) is 14.2. The fourth-order valence-corrected chi connectivity index (χ4v) is 6.69. The fraction of sp³-hybridized carbons (Fsp3) is 0.235. The number of hydrogen-bond donors (Lipinski definition) is 0. The van der Waals surface area contributed by atoms with Crippen molar-refractivity contribution >= 4 is 0 Å². The SMILES string of the molecule is CC(C)(C)c1ccc(-c2ccc(-c3nc(-c4ccc(-c5ccc(C(C)(C)C)cc5)cc4)nc(-c4ccc(-c5ccc(C(C)(C)C)cc5)cc4)n3)cc2)cc1. The molecule has 7 rings (SSSR count). The molecule has 0 saturated carbocycles. The normalized spacial score (nSPS) is 12.2. The topological polar surface area (TPSA) is 38.7 Å². The third kappa shape index (κ3) is 8.11. The Balaban J connectivity index is 1.23. The molecule has 0 aliphatic carbocycles. The van der Waals surface area contributed by atoms with Crippen molar-refractivity contribution in [2.75, 3.05) is 0 Å². The first-order chi connectivity index (χ1) is 25.6. The van der Waals surface area contributed by atoms with E-state index in [9.17, 15) is 0 Å². The van der Waals surface area contributed by atoms with Gasteiger partial charge in [0.2, 0.25) is 0 Å². The van der Waals surface area contributed by atoms with E-state index in [1.54, 1.807) is 0 Å². The lowest BCUT2D eigenvalue weighted by atomic mass is 9.86. The fourth-order valence-electron chi connectivity index (χ4n) is 6.69. The maximum atomic E-state index is 5.05. The van der Waals surface area contributed by atoms with Gasteiger partial charge in [-0.2, -0.15) is 0 Å². The summed E-state index contributed by atoms with van der Waals surface area (Å²) in [6.45, 7) is 20.2. The van der Waals surface area contributed by atoms with Crippen LogP contribution in [0.2, 0.25) is 0 Å². The van der Waals surface area contributed by atoms with Gasteiger partial charge in [-0.05, 0) is 66.3 Å². The number of benzene rings is 6. The summed E-state index contributed by atoms with van der Waals surface area (Å²) < 4.78 is 0. The second-order valence-corrected chi connectivity index (χ2v) is 17.5. The van der Waals surface area contributed by atoms with Crippen molar-refractivity contribution in [2.45, 2.75) is 78.6 Å². The molecule has 6 aromatic carbocycles. The van der Waals surface area contributed by atoms with Crippen LogP contribution in [0.25, 0.3) is 67.5 Å². The molecule has 0 fully saturated rings. The average Bonchev–Trinajstić information content (AvgIpc) is 3.17. The first kappa shape index (κ1) is 36.7. The molecule has 0 spiro atoms. The predicted octanol–water partition coefficient (Wildman–Crippen LogP) is 13.8. The highest BCUT2D eigenvalue weighted by Gasteiger charge is 2.17. The zero-order chi connectivity index (χ0) is 38.3. The Labute approximate surface area is 322 Å². The molecule has 0 unspecified atom stereocenters. The van der Waals surface area contributed by atoms with Crippen molar-refractivity contribution in [1.82, 2.24) is 15.0 Å². The minimum Gasteiger partial charge on any atom is -0.208 e. The largest absolute Gasteiger partial charge is 0.208 e. The summed E-state index contributed by atoms with van der Waals surface area (Å²) in [6, 6.07) is 52.3. The lowest BCUT2D eigenvalue weighted by Gasteiger charge is -2.19. The van der Waals surface area contributed by atoms with Crippen LogP contribution in [0.1, 0.15) is 79.0 Å². The Bertz CT molecular complexity index is 2060. The van der Waals surface area contributed by atoms with E-state index in [-0.39, 0.29) is 16.2 Å². The van der Waals surface area contributed by atoms with Crippen molar-refractivity contribution in [3.63, 3.8) is 0 Å². The Morgan fingerprint density at radius 1 is 0.222 bits per heavy atom. The lowest BCUT2D eigenvalue weighted by Crippen LogP contribution is -2.10. The maximum Gasteiger partial charge on any atom is 0.164 e. The van der Waals surface area contributed by atoms with Crippen LogP contribution in [0.3, 0.4) is 0 Å². The van der Waals surface area contributed by atoms with Gasteiger partial charge in [-0.1, -0.05) is 208 Å². The molecule has 0 radical (unpaired) electrons. The number of rotatable bonds is 6. The number of nitrogens with zero attached hydrogens (tertiary/aromatic N) is 3. The second kappa shape index (κ2) is 14.3. The smallest absolute Gasteiger partial charge is 0.164 e. The molecule has 7 aromatic rings. The van der Waals surface area contributed by atoms with Crippen LogP contribution in [0.5, 0.6) is 0 Å². The van der Waals surface area contributed by atoms with E-state index >= 15 is 0 Å². The monoisotopic (exact) mass is 705 g/mol. The summed E-state index contributed by atoms with van der Waals surface area (Å²) in [5, 5.41) is 0. The van der Waals surface area contributed by atoms with Gasteiger partial charge in [-0.15, -0.1) is 0 Å². The zero-order valence-electron chi connectivity index (χ0n) is 33.2. The number of aromatic nitrogens is 3. The molecule has 270 valence electrons. The van der Waals surface area contributed by atoms with Crippen LogP contribution in [0.15, 0.2) is 146 Å². The van der Waals surface area contributed by atoms with Crippen molar-refractivity contribution < 1.29 is 0 Å². The molecule has 0 saturated heterocycles. The molecule has 0 N–H and O–H groups in total. The van der Waals surface area contributed by atoms with E-state index in [1.165, 1.54) is 33.4 Å². The lowest BCUT2D eigenvalue weighted by molar-refractivity contribution is 0.590. The van der Waals surface area contributed by atoms with Crippen molar-refractivity contribution in [3.8, 4) is 67.5 Å². The highest BCUT2D eigenvalue weighted by atomic mass is 15.0. The van der Waals surface area contributed by atoms with E-state index in [0.29, 0.717) is 17.5 Å². The Morgan fingerprint density at radius 3 is 0.537 bits per heavy atom. The third-order valence-electron chi connectivity index (χ3n) is 10.3. The van der Waals surface area contributed by atoms with Gasteiger partial charge in [0.25, 0.3) is 0 Å². The molecule has 54 heavy (non-hydrogen) atoms. The summed E-state index contributed by atoms with van der Waals surface area (Å²) in [7, 11) is 0. The zero-order valence-corrected chi connectivity index (χ0v) is 33.2. The van der Waals surface area contributed by atoms with Gasteiger partial charge < -0.3 is 0 Å². The van der Waals surface area contributed by atoms with Crippen LogP contribution < -0.4 is 0 Å². The molecular weight excluding hydrogens is 655 g/mol. The molecule has 1 aromatic heterocycles.